The van der Waals surface area contributed by atoms with Gasteiger partial charge in [-0.2, -0.15) is 0 Å². The van der Waals surface area contributed by atoms with Crippen molar-refractivity contribution in [2.75, 3.05) is 26.3 Å². The lowest BCUT2D eigenvalue weighted by Gasteiger charge is -2.21. The molecule has 0 saturated carbocycles. The molecule has 3 rings (SSSR count). The van der Waals surface area contributed by atoms with Gasteiger partial charge in [-0.3, -0.25) is 4.79 Å². The third-order valence-corrected chi connectivity index (χ3v) is 6.02. The first-order chi connectivity index (χ1) is 15.3. The fraction of sp³-hybridized carbons (Fsp3) is 0.364. The van der Waals surface area contributed by atoms with Crippen molar-refractivity contribution in [3.05, 3.63) is 53.6 Å². The van der Waals surface area contributed by atoms with Crippen molar-refractivity contribution in [3.8, 4) is 11.5 Å². The lowest BCUT2D eigenvalue weighted by atomic mass is 10.0. The van der Waals surface area contributed by atoms with Crippen LogP contribution in [-0.4, -0.2) is 56.6 Å². The molecule has 3 N–H and O–H groups in total. The lowest BCUT2D eigenvalue weighted by molar-refractivity contribution is 0.0976. The van der Waals surface area contributed by atoms with Gasteiger partial charge in [0.1, 0.15) is 18.1 Å². The highest BCUT2D eigenvalue weighted by molar-refractivity contribution is 7.89. The maximum Gasteiger partial charge on any atom is 0.407 e. The maximum absolute atomic E-state index is 12.6. The van der Waals surface area contributed by atoms with Crippen LogP contribution in [0, 0.1) is 0 Å². The van der Waals surface area contributed by atoms with Crippen LogP contribution in [0.4, 0.5) is 4.79 Å². The minimum Gasteiger partial charge on any atom is -0.486 e. The van der Waals surface area contributed by atoms with E-state index >= 15 is 0 Å². The highest BCUT2D eigenvalue weighted by Crippen LogP contribution is 2.37. The summed E-state index contributed by atoms with van der Waals surface area (Å²) in [5.74, 6) is -0.0899. The van der Waals surface area contributed by atoms with Crippen LogP contribution in [0.2, 0.25) is 0 Å². The molecule has 0 spiro atoms. The Bertz CT molecular complexity index is 1070. The van der Waals surface area contributed by atoms with Crippen molar-refractivity contribution in [2.45, 2.75) is 30.6 Å². The predicted molar refractivity (Wildman–Crippen MR) is 117 cm³/mol. The summed E-state index contributed by atoms with van der Waals surface area (Å²) in [6.45, 7) is 1.10. The first kappa shape index (κ1) is 23.6. The largest absolute Gasteiger partial charge is 0.486 e. The Kier molecular flexibility index (Phi) is 7.70. The van der Waals surface area contributed by atoms with Crippen LogP contribution in [0.15, 0.2) is 47.4 Å². The van der Waals surface area contributed by atoms with E-state index in [9.17, 15) is 23.1 Å². The quantitative estimate of drug-likeness (QED) is 0.409. The third kappa shape index (κ3) is 6.21. The second-order valence-corrected chi connectivity index (χ2v) is 8.96. The number of rotatable bonds is 10. The highest BCUT2D eigenvalue weighted by Gasteiger charge is 2.25. The summed E-state index contributed by atoms with van der Waals surface area (Å²) in [6.07, 6.45) is 0.694. The number of carboxylic acid groups (broad SMARTS) is 1. The normalized spacial score (nSPS) is 12.9. The summed E-state index contributed by atoms with van der Waals surface area (Å²) in [4.78, 5) is 25.2. The molecule has 2 aromatic rings. The standard InChI is InChI=1S/C22H26N2O7S/c23-32(28,29)20-15-17(14-19-21(20)31-13-12-30-19)18(25)8-4-5-10-24(22(26)27)11-9-16-6-2-1-3-7-16/h1-3,6-7,14-15H,4-5,8-13H2,(H,26,27)(H2,23,28,29). The van der Waals surface area contributed by atoms with Crippen LogP contribution in [0.5, 0.6) is 11.5 Å². The van der Waals surface area contributed by atoms with Gasteiger partial charge in [0.15, 0.2) is 17.3 Å². The van der Waals surface area contributed by atoms with Crippen molar-refractivity contribution >= 4 is 21.9 Å². The summed E-state index contributed by atoms with van der Waals surface area (Å²) in [5.41, 5.74) is 1.22. The first-order valence-electron chi connectivity index (χ1n) is 10.3. The van der Waals surface area contributed by atoms with Crippen LogP contribution in [-0.2, 0) is 16.4 Å². The number of ether oxygens (including phenoxy) is 2. The van der Waals surface area contributed by atoms with E-state index in [0.717, 1.165) is 5.56 Å². The fourth-order valence-corrected chi connectivity index (χ4v) is 4.15. The SMILES string of the molecule is NS(=O)(=O)c1cc(C(=O)CCCCN(CCc2ccccc2)C(=O)O)cc2c1OCCO2. The topological polar surface area (TPSA) is 136 Å². The van der Waals surface area contributed by atoms with E-state index < -0.39 is 16.1 Å². The number of primary sulfonamides is 1. The lowest BCUT2D eigenvalue weighted by Crippen LogP contribution is -2.32. The Labute approximate surface area is 186 Å². The molecule has 10 heteroatoms. The van der Waals surface area contributed by atoms with Gasteiger partial charge in [-0.1, -0.05) is 30.3 Å². The Hall–Kier alpha value is -3.11. The number of hydrogen-bond acceptors (Lipinski definition) is 6. The molecule has 0 fully saturated rings. The number of nitrogens with two attached hydrogens (primary N) is 1. The van der Waals surface area contributed by atoms with Crippen molar-refractivity contribution in [1.82, 2.24) is 4.90 Å². The van der Waals surface area contributed by atoms with Crippen LogP contribution >= 0.6 is 0 Å². The average molecular weight is 463 g/mol. The minimum atomic E-state index is -4.10. The van der Waals surface area contributed by atoms with Gasteiger partial charge in [-0.05, 0) is 37.0 Å². The molecule has 1 aliphatic rings. The van der Waals surface area contributed by atoms with Gasteiger partial charge in [0.2, 0.25) is 10.0 Å². The van der Waals surface area contributed by atoms with E-state index in [1.807, 2.05) is 30.3 Å². The number of benzene rings is 2. The predicted octanol–water partition coefficient (Wildman–Crippen LogP) is 2.68. The van der Waals surface area contributed by atoms with E-state index in [-0.39, 0.29) is 47.4 Å². The van der Waals surface area contributed by atoms with E-state index in [4.69, 9.17) is 14.6 Å². The number of Topliss-reactive ketones (excluding diaryl/α,β-unsaturated/α-hetero) is 1. The van der Waals surface area contributed by atoms with Crippen LogP contribution in [0.25, 0.3) is 0 Å². The molecule has 1 heterocycles. The Morgan fingerprint density at radius 2 is 1.75 bits per heavy atom. The molecular formula is C22H26N2O7S. The zero-order valence-corrected chi connectivity index (χ0v) is 18.3. The Morgan fingerprint density at radius 1 is 1.03 bits per heavy atom. The molecule has 1 aliphatic heterocycles. The monoisotopic (exact) mass is 462 g/mol. The van der Waals surface area contributed by atoms with Crippen molar-refractivity contribution in [2.24, 2.45) is 5.14 Å². The number of hydrogen-bond donors (Lipinski definition) is 2. The number of carbonyl (C=O) groups is 2. The average Bonchev–Trinajstić information content (AvgIpc) is 2.77. The minimum absolute atomic E-state index is 0.0193. The highest BCUT2D eigenvalue weighted by atomic mass is 32.2. The van der Waals surface area contributed by atoms with Crippen LogP contribution in [0.3, 0.4) is 0 Å². The van der Waals surface area contributed by atoms with Gasteiger partial charge >= 0.3 is 6.09 Å². The molecule has 172 valence electrons. The molecule has 2 aromatic carbocycles. The second kappa shape index (κ2) is 10.5. The summed E-state index contributed by atoms with van der Waals surface area (Å²) in [6, 6.07) is 12.3. The fourth-order valence-electron chi connectivity index (χ4n) is 3.44. The number of sulfonamides is 1. The Balaban J connectivity index is 1.56. The summed E-state index contributed by atoms with van der Waals surface area (Å²) in [7, 11) is -4.10. The molecule has 32 heavy (non-hydrogen) atoms. The number of ketones is 1. The third-order valence-electron chi connectivity index (χ3n) is 5.10. The van der Waals surface area contributed by atoms with Gasteiger partial charge in [0.05, 0.1) is 0 Å². The molecule has 0 saturated heterocycles. The Morgan fingerprint density at radius 3 is 2.44 bits per heavy atom. The molecule has 0 aliphatic carbocycles. The van der Waals surface area contributed by atoms with E-state index in [2.05, 4.69) is 0 Å². The van der Waals surface area contributed by atoms with Crippen molar-refractivity contribution < 1.29 is 32.6 Å². The van der Waals surface area contributed by atoms with E-state index in [1.165, 1.54) is 17.0 Å². The number of carbonyl (C=O) groups excluding carboxylic acids is 1. The summed E-state index contributed by atoms with van der Waals surface area (Å²) < 4.78 is 34.6. The number of amides is 1. The number of nitrogens with zero attached hydrogens (tertiary/aromatic N) is 1. The van der Waals surface area contributed by atoms with Crippen LogP contribution < -0.4 is 14.6 Å². The van der Waals surface area contributed by atoms with Crippen molar-refractivity contribution in [3.63, 3.8) is 0 Å². The second-order valence-electron chi connectivity index (χ2n) is 7.43. The number of fused-ring (bicyclic) bond motifs is 1. The molecule has 0 aromatic heterocycles. The molecule has 1 amide bonds. The van der Waals surface area contributed by atoms with Gasteiger partial charge in [0, 0.05) is 25.1 Å². The summed E-state index contributed by atoms with van der Waals surface area (Å²) >= 11 is 0. The smallest absolute Gasteiger partial charge is 0.407 e. The molecule has 9 nitrogen and oxygen atoms in total. The molecule has 0 radical (unpaired) electrons. The zero-order valence-electron chi connectivity index (χ0n) is 17.5. The van der Waals surface area contributed by atoms with Crippen LogP contribution in [0.1, 0.15) is 35.2 Å². The zero-order chi connectivity index (χ0) is 23.1. The van der Waals surface area contributed by atoms with E-state index in [1.54, 1.807) is 0 Å². The van der Waals surface area contributed by atoms with Gasteiger partial charge in [-0.15, -0.1) is 0 Å². The van der Waals surface area contributed by atoms with Crippen molar-refractivity contribution in [1.29, 1.82) is 0 Å². The molecular weight excluding hydrogens is 436 g/mol. The van der Waals surface area contributed by atoms with Gasteiger partial charge in [0.25, 0.3) is 0 Å². The molecule has 0 bridgehead atoms. The molecule has 0 atom stereocenters. The van der Waals surface area contributed by atoms with Gasteiger partial charge in [-0.25, -0.2) is 18.4 Å². The molecule has 0 unspecified atom stereocenters. The summed E-state index contributed by atoms with van der Waals surface area (Å²) in [5, 5.41) is 14.7. The number of unbranched alkanes of at least 4 members (excludes halogenated alkanes) is 1. The van der Waals surface area contributed by atoms with E-state index in [0.29, 0.717) is 32.4 Å². The first-order valence-corrected chi connectivity index (χ1v) is 11.8. The van der Waals surface area contributed by atoms with Gasteiger partial charge < -0.3 is 19.5 Å². The maximum atomic E-state index is 12.6.